The Bertz CT molecular complexity index is 3120. The number of aromatic nitrogens is 5. The summed E-state index contributed by atoms with van der Waals surface area (Å²) >= 11 is 0. The summed E-state index contributed by atoms with van der Waals surface area (Å²) in [5, 5.41) is 2.04. The topological polar surface area (TPSA) is 48.8 Å². The third kappa shape index (κ3) is 9.09. The van der Waals surface area contributed by atoms with Gasteiger partial charge < -0.3 is 9.30 Å². The van der Waals surface area contributed by atoms with Crippen molar-refractivity contribution in [1.82, 2.24) is 19.1 Å². The number of rotatable bonds is 10. The van der Waals surface area contributed by atoms with Crippen LogP contribution in [0.1, 0.15) is 102 Å². The van der Waals surface area contributed by atoms with Crippen LogP contribution in [-0.4, -0.2) is 19.1 Å². The number of benzene rings is 4. The maximum atomic E-state index is 9.18. The molecule has 0 atom stereocenters. The number of imidazole rings is 1. The first-order chi connectivity index (χ1) is 30.5. The molecule has 0 radical (unpaired) electrons. The van der Waals surface area contributed by atoms with Gasteiger partial charge in [-0.1, -0.05) is 134 Å². The Hall–Kier alpha value is -5.06. The molecule has 8 aromatic rings. The summed E-state index contributed by atoms with van der Waals surface area (Å²) < 4.78 is 84.1. The minimum Gasteiger partial charge on any atom is -0.522 e. The summed E-state index contributed by atoms with van der Waals surface area (Å²) in [5.41, 5.74) is 3.84. The zero-order chi connectivity index (χ0) is 48.2. The van der Waals surface area contributed by atoms with Crippen LogP contribution >= 0.6 is 0 Å². The summed E-state index contributed by atoms with van der Waals surface area (Å²) in [4.78, 5) is 9.47. The van der Waals surface area contributed by atoms with Crippen molar-refractivity contribution in [1.29, 1.82) is 0 Å². The van der Waals surface area contributed by atoms with Crippen LogP contribution in [0, 0.1) is 35.7 Å². The monoisotopic (exact) mass is 968 g/mol. The first kappa shape index (κ1) is 32.7. The first-order valence-electron chi connectivity index (χ1n) is 23.7. The standard InChI is InChI=1S/C52H55N5O.Pt/c1-34(2)23-37-25-38(24-35(3)4)27-40(26-37)55-33-56(46-18-15-36(28-48(46)55)32-51(5,6)7)49-31-42(20-22-53-49)58-41-16-17-44-43-13-11-12-14-45(43)57(47(44)30-41)50-29-39(19-21-54-50)52(8,9)10;/h11-22,25-29,34-35H,23-24,32H2,1-10H3;/q-2;/i23D2,24D2,32D2,34D,35D;. The van der Waals surface area contributed by atoms with Crippen LogP contribution in [0.4, 0.5) is 0 Å². The molecule has 0 spiro atoms. The van der Waals surface area contributed by atoms with E-state index in [2.05, 4.69) is 67.0 Å². The van der Waals surface area contributed by atoms with E-state index < -0.39 is 36.3 Å². The molecular weight excluding hydrogens is 906 g/mol. The van der Waals surface area contributed by atoms with Crippen LogP contribution in [-0.2, 0) is 45.6 Å². The molecule has 0 bridgehead atoms. The van der Waals surface area contributed by atoms with Crippen LogP contribution in [0.3, 0.4) is 0 Å². The molecule has 4 heterocycles. The van der Waals surface area contributed by atoms with E-state index in [4.69, 9.17) is 17.9 Å². The van der Waals surface area contributed by atoms with Crippen molar-refractivity contribution in [2.45, 2.75) is 93.8 Å². The molecule has 0 amide bonds. The molecule has 7 heteroatoms. The molecule has 0 aliphatic carbocycles. The molecule has 0 N–H and O–H groups in total. The van der Waals surface area contributed by atoms with Gasteiger partial charge in [0, 0.05) is 49.5 Å². The van der Waals surface area contributed by atoms with Gasteiger partial charge in [0.15, 0.2) is 0 Å². The molecule has 4 aromatic carbocycles. The van der Waals surface area contributed by atoms with E-state index in [1.807, 2.05) is 57.3 Å². The van der Waals surface area contributed by atoms with E-state index in [0.29, 0.717) is 33.8 Å². The van der Waals surface area contributed by atoms with E-state index >= 15 is 0 Å². The molecule has 59 heavy (non-hydrogen) atoms. The normalized spacial score (nSPS) is 15.4. The molecule has 4 aromatic heterocycles. The Balaban J connectivity index is 0.00000666. The maximum absolute atomic E-state index is 9.18. The minimum atomic E-state index is -2.25. The van der Waals surface area contributed by atoms with Crippen LogP contribution in [0.25, 0.3) is 50.2 Å². The Morgan fingerprint density at radius 2 is 1.42 bits per heavy atom. The second-order valence-corrected chi connectivity index (χ2v) is 17.3. The Kier molecular flexibility index (Phi) is 9.18. The van der Waals surface area contributed by atoms with Gasteiger partial charge in [-0.15, -0.1) is 17.5 Å². The van der Waals surface area contributed by atoms with E-state index in [9.17, 15) is 2.74 Å². The van der Waals surface area contributed by atoms with Gasteiger partial charge in [-0.05, 0) is 94.8 Å². The number of hydrogen-bond donors (Lipinski definition) is 0. The smallest absolute Gasteiger partial charge is 0.269 e. The first-order valence-corrected chi connectivity index (χ1v) is 19.7. The predicted octanol–water partition coefficient (Wildman–Crippen LogP) is 12.3. The molecule has 0 fully saturated rings. The molecule has 0 saturated carbocycles. The van der Waals surface area contributed by atoms with E-state index in [1.54, 1.807) is 51.7 Å². The quantitative estimate of drug-likeness (QED) is 0.101. The number of hydrogen-bond acceptors (Lipinski definition) is 3. The predicted molar refractivity (Wildman–Crippen MR) is 237 cm³/mol. The average molecular weight is 969 g/mol. The Morgan fingerprint density at radius 3 is 2.12 bits per heavy atom. The van der Waals surface area contributed by atoms with Gasteiger partial charge in [-0.3, -0.25) is 14.1 Å². The Morgan fingerprint density at radius 1 is 0.729 bits per heavy atom. The third-order valence-corrected chi connectivity index (χ3v) is 9.63. The third-order valence-electron chi connectivity index (χ3n) is 9.63. The van der Waals surface area contributed by atoms with Gasteiger partial charge in [0.25, 0.3) is 6.33 Å². The SMILES string of the molecule is [2H]C(C)(C)C([2H])([2H])c1cc(-[n+]2[c-]n(-c3[c-]c(Oc4[c-]c5c(cc4)c4ccccc4n5-c4cc(C(C)(C)C)ccn4)ccn3)c3ccc(C([2H])([2H])C(C)(C)C)cc32)cc(C([2H])([2H])C([2H])(C)C)c1.[Pt]. The number of fused-ring (bicyclic) bond motifs is 4. The molecule has 0 unspecified atom stereocenters. The number of pyridine rings is 2. The van der Waals surface area contributed by atoms with Gasteiger partial charge in [-0.25, -0.2) is 4.98 Å². The molecule has 8 rings (SSSR count). The van der Waals surface area contributed by atoms with E-state index in [-0.39, 0.29) is 43.4 Å². The number of ether oxygens (including phenoxy) is 1. The fourth-order valence-electron chi connectivity index (χ4n) is 7.26. The fourth-order valence-corrected chi connectivity index (χ4v) is 7.26. The van der Waals surface area contributed by atoms with Gasteiger partial charge in [0.1, 0.15) is 5.82 Å². The fraction of sp³-hybridized carbons (Fsp3) is 0.327. The van der Waals surface area contributed by atoms with Crippen molar-refractivity contribution in [2.75, 3.05) is 0 Å². The van der Waals surface area contributed by atoms with Gasteiger partial charge in [0.05, 0.1) is 22.5 Å². The van der Waals surface area contributed by atoms with Gasteiger partial charge >= 0.3 is 0 Å². The molecule has 0 saturated heterocycles. The molecule has 0 aliphatic heterocycles. The van der Waals surface area contributed by atoms with Gasteiger partial charge in [-0.2, -0.15) is 18.2 Å². The average Bonchev–Trinajstić information content (AvgIpc) is 3.78. The molecule has 0 aliphatic rings. The van der Waals surface area contributed by atoms with E-state index in [0.717, 1.165) is 33.2 Å². The van der Waals surface area contributed by atoms with E-state index in [1.165, 1.54) is 33.8 Å². The van der Waals surface area contributed by atoms with Crippen molar-refractivity contribution in [2.24, 2.45) is 17.2 Å². The Labute approximate surface area is 375 Å². The minimum absolute atomic E-state index is 0. The van der Waals surface area contributed by atoms with Crippen molar-refractivity contribution < 1.29 is 41.3 Å². The second kappa shape index (κ2) is 16.5. The van der Waals surface area contributed by atoms with Crippen molar-refractivity contribution in [3.63, 3.8) is 0 Å². The van der Waals surface area contributed by atoms with Crippen LogP contribution < -0.4 is 9.30 Å². The molecule has 306 valence electrons. The van der Waals surface area contributed by atoms with Crippen molar-refractivity contribution in [3.05, 3.63) is 144 Å². The molecule has 6 nitrogen and oxygen atoms in total. The summed E-state index contributed by atoms with van der Waals surface area (Å²) in [6.07, 6.45) is 0.472. The van der Waals surface area contributed by atoms with Gasteiger partial charge in [0.2, 0.25) is 0 Å². The second-order valence-electron chi connectivity index (χ2n) is 17.3. The number of nitrogens with zero attached hydrogens (tertiary/aromatic N) is 5. The summed E-state index contributed by atoms with van der Waals surface area (Å²) in [6.45, 7) is 17.8. The summed E-state index contributed by atoms with van der Waals surface area (Å²) in [6, 6.07) is 34.4. The van der Waals surface area contributed by atoms with Crippen LogP contribution in [0.5, 0.6) is 11.5 Å². The van der Waals surface area contributed by atoms with Crippen LogP contribution in [0.15, 0.2) is 103 Å². The van der Waals surface area contributed by atoms with Crippen molar-refractivity contribution >= 4 is 32.8 Å². The molecular formula is C52H55N5OPt-2. The number of para-hydroxylation sites is 1. The zero-order valence-corrected chi connectivity index (χ0v) is 37.5. The van der Waals surface area contributed by atoms with Crippen LogP contribution in [0.2, 0.25) is 0 Å². The maximum Gasteiger partial charge on any atom is 0.269 e. The summed E-state index contributed by atoms with van der Waals surface area (Å²) in [5.74, 6) is -1.46. The zero-order valence-electron chi connectivity index (χ0n) is 43.3. The summed E-state index contributed by atoms with van der Waals surface area (Å²) in [7, 11) is 0. The van der Waals surface area contributed by atoms with Crippen molar-refractivity contribution in [3.8, 4) is 28.8 Å². The largest absolute Gasteiger partial charge is 0.522 e.